The number of hydrogen-bond donors (Lipinski definition) is 4. The molecule has 102 valence electrons. The van der Waals surface area contributed by atoms with Crippen LogP contribution in [0.25, 0.3) is 0 Å². The number of rotatable bonds is 3. The molecule has 0 saturated heterocycles. The SMILES string of the molecule is C=CCNC(=S)NNC(=S)N[C@H]1CCCC[C@H]1C. The Hall–Kier alpha value is -0.880. The average Bonchev–Trinajstić information content (AvgIpc) is 2.36. The molecule has 0 aliphatic heterocycles. The van der Waals surface area contributed by atoms with Gasteiger partial charge < -0.3 is 10.6 Å². The molecular weight excluding hydrogens is 264 g/mol. The molecule has 0 aromatic rings. The fourth-order valence-electron chi connectivity index (χ4n) is 2.06. The predicted molar refractivity (Wildman–Crippen MR) is 84.2 cm³/mol. The molecule has 2 atom stereocenters. The summed E-state index contributed by atoms with van der Waals surface area (Å²) in [5.41, 5.74) is 5.73. The normalized spacial score (nSPS) is 22.7. The van der Waals surface area contributed by atoms with E-state index in [4.69, 9.17) is 24.4 Å². The molecule has 1 rings (SSSR count). The number of hydrazine groups is 1. The van der Waals surface area contributed by atoms with Crippen molar-refractivity contribution < 1.29 is 0 Å². The van der Waals surface area contributed by atoms with Crippen LogP contribution in [0.3, 0.4) is 0 Å². The molecule has 1 aliphatic carbocycles. The lowest BCUT2D eigenvalue weighted by Crippen LogP contribution is -2.53. The first-order chi connectivity index (χ1) is 8.63. The van der Waals surface area contributed by atoms with E-state index in [0.29, 0.717) is 28.7 Å². The summed E-state index contributed by atoms with van der Waals surface area (Å²) in [5.74, 6) is 0.671. The Morgan fingerprint density at radius 3 is 2.56 bits per heavy atom. The molecule has 0 aromatic carbocycles. The summed E-state index contributed by atoms with van der Waals surface area (Å²) >= 11 is 10.3. The standard InChI is InChI=1S/C12H22N4S2/c1-3-8-13-11(17)15-16-12(18)14-10-7-5-4-6-9(10)2/h3,9-10H,1,4-8H2,2H3,(H2,13,15,17)(H2,14,16,18)/t9-,10+/m1/s1. The lowest BCUT2D eigenvalue weighted by atomic mass is 9.86. The van der Waals surface area contributed by atoms with Crippen molar-refractivity contribution in [2.24, 2.45) is 5.92 Å². The first kappa shape index (κ1) is 15.2. The zero-order valence-corrected chi connectivity index (χ0v) is 12.4. The van der Waals surface area contributed by atoms with E-state index in [1.165, 1.54) is 25.7 Å². The van der Waals surface area contributed by atoms with Gasteiger partial charge in [0, 0.05) is 12.6 Å². The van der Waals surface area contributed by atoms with Crippen molar-refractivity contribution in [1.29, 1.82) is 0 Å². The summed E-state index contributed by atoms with van der Waals surface area (Å²) in [4.78, 5) is 0. The molecule has 0 radical (unpaired) electrons. The average molecular weight is 286 g/mol. The molecule has 4 N–H and O–H groups in total. The topological polar surface area (TPSA) is 48.1 Å². The number of thiocarbonyl (C=S) groups is 2. The smallest absolute Gasteiger partial charge is 0.185 e. The molecule has 6 heteroatoms. The quantitative estimate of drug-likeness (QED) is 0.359. The summed E-state index contributed by atoms with van der Waals surface area (Å²) in [6, 6.07) is 0.468. The maximum Gasteiger partial charge on any atom is 0.185 e. The second kappa shape index (κ2) is 8.26. The van der Waals surface area contributed by atoms with Gasteiger partial charge in [-0.05, 0) is 43.2 Å². The minimum absolute atomic E-state index is 0.468. The molecule has 0 heterocycles. The second-order valence-electron chi connectivity index (χ2n) is 4.59. The fourth-order valence-corrected chi connectivity index (χ4v) is 2.39. The summed E-state index contributed by atoms with van der Waals surface area (Å²) in [6.07, 6.45) is 6.80. The minimum Gasteiger partial charge on any atom is -0.358 e. The van der Waals surface area contributed by atoms with Crippen LogP contribution in [0.2, 0.25) is 0 Å². The van der Waals surface area contributed by atoms with Crippen LogP contribution in [0.4, 0.5) is 0 Å². The zero-order valence-electron chi connectivity index (χ0n) is 10.8. The Kier molecular flexibility index (Phi) is 6.97. The van der Waals surface area contributed by atoms with Crippen LogP contribution in [0.15, 0.2) is 12.7 Å². The lowest BCUT2D eigenvalue weighted by Gasteiger charge is -2.30. The second-order valence-corrected chi connectivity index (χ2v) is 5.41. The summed E-state index contributed by atoms with van der Waals surface area (Å²) in [5, 5.41) is 7.39. The van der Waals surface area contributed by atoms with Crippen LogP contribution in [0, 0.1) is 5.92 Å². The van der Waals surface area contributed by atoms with Crippen LogP contribution < -0.4 is 21.5 Å². The van der Waals surface area contributed by atoms with Gasteiger partial charge in [0.2, 0.25) is 0 Å². The van der Waals surface area contributed by atoms with Crippen molar-refractivity contribution in [2.45, 2.75) is 38.6 Å². The monoisotopic (exact) mass is 286 g/mol. The summed E-state index contributed by atoms with van der Waals surface area (Å²) < 4.78 is 0. The van der Waals surface area contributed by atoms with Gasteiger partial charge in [0.25, 0.3) is 0 Å². The molecule has 0 spiro atoms. The molecule has 1 saturated carbocycles. The van der Waals surface area contributed by atoms with Crippen LogP contribution in [0.5, 0.6) is 0 Å². The highest BCUT2D eigenvalue weighted by molar-refractivity contribution is 7.80. The molecular formula is C12H22N4S2. The highest BCUT2D eigenvalue weighted by Gasteiger charge is 2.21. The Bertz CT molecular complexity index is 306. The summed E-state index contributed by atoms with van der Waals surface area (Å²) in [7, 11) is 0. The van der Waals surface area contributed by atoms with Gasteiger partial charge in [0.05, 0.1) is 0 Å². The van der Waals surface area contributed by atoms with Crippen molar-refractivity contribution >= 4 is 34.7 Å². The zero-order chi connectivity index (χ0) is 13.4. The van der Waals surface area contributed by atoms with Gasteiger partial charge in [-0.1, -0.05) is 25.8 Å². The third-order valence-electron chi connectivity index (χ3n) is 3.12. The first-order valence-electron chi connectivity index (χ1n) is 6.34. The molecule has 1 fully saturated rings. The van der Waals surface area contributed by atoms with Crippen molar-refractivity contribution in [1.82, 2.24) is 21.5 Å². The molecule has 4 nitrogen and oxygen atoms in total. The van der Waals surface area contributed by atoms with E-state index >= 15 is 0 Å². The van der Waals surface area contributed by atoms with Crippen LogP contribution in [0.1, 0.15) is 32.6 Å². The van der Waals surface area contributed by atoms with E-state index in [0.717, 1.165) is 0 Å². The molecule has 0 unspecified atom stereocenters. The van der Waals surface area contributed by atoms with Gasteiger partial charge in [0.15, 0.2) is 10.2 Å². The van der Waals surface area contributed by atoms with Crippen molar-refractivity contribution in [2.75, 3.05) is 6.54 Å². The largest absolute Gasteiger partial charge is 0.358 e. The van der Waals surface area contributed by atoms with Crippen LogP contribution >= 0.6 is 24.4 Å². The highest BCUT2D eigenvalue weighted by atomic mass is 32.1. The van der Waals surface area contributed by atoms with Crippen molar-refractivity contribution in [3.05, 3.63) is 12.7 Å². The van der Waals surface area contributed by atoms with Crippen LogP contribution in [-0.4, -0.2) is 22.8 Å². The Morgan fingerprint density at radius 2 is 1.89 bits per heavy atom. The maximum absolute atomic E-state index is 5.23. The summed E-state index contributed by atoms with van der Waals surface area (Å²) in [6.45, 7) is 6.50. The minimum atomic E-state index is 0.468. The van der Waals surface area contributed by atoms with E-state index < -0.39 is 0 Å². The third kappa shape index (κ3) is 5.64. The first-order valence-corrected chi connectivity index (χ1v) is 7.16. The molecule has 0 bridgehead atoms. The lowest BCUT2D eigenvalue weighted by molar-refractivity contribution is 0.308. The van der Waals surface area contributed by atoms with E-state index in [9.17, 15) is 0 Å². The molecule has 0 amide bonds. The van der Waals surface area contributed by atoms with E-state index in [1.54, 1.807) is 6.08 Å². The molecule has 0 aromatic heterocycles. The van der Waals surface area contributed by atoms with E-state index in [1.807, 2.05) is 0 Å². The predicted octanol–water partition coefficient (Wildman–Crippen LogP) is 1.59. The van der Waals surface area contributed by atoms with E-state index in [2.05, 4.69) is 35.0 Å². The van der Waals surface area contributed by atoms with Gasteiger partial charge in [0.1, 0.15) is 0 Å². The van der Waals surface area contributed by atoms with Gasteiger partial charge in [-0.3, -0.25) is 10.9 Å². The van der Waals surface area contributed by atoms with Crippen molar-refractivity contribution in [3.8, 4) is 0 Å². The van der Waals surface area contributed by atoms with Gasteiger partial charge in [-0.2, -0.15) is 0 Å². The van der Waals surface area contributed by atoms with Gasteiger partial charge in [-0.25, -0.2) is 0 Å². The Morgan fingerprint density at radius 1 is 1.22 bits per heavy atom. The van der Waals surface area contributed by atoms with Gasteiger partial charge >= 0.3 is 0 Å². The molecule has 18 heavy (non-hydrogen) atoms. The maximum atomic E-state index is 5.23. The van der Waals surface area contributed by atoms with Crippen molar-refractivity contribution in [3.63, 3.8) is 0 Å². The number of hydrogen-bond acceptors (Lipinski definition) is 2. The number of nitrogens with one attached hydrogen (secondary N) is 4. The Labute approximate surface area is 120 Å². The van der Waals surface area contributed by atoms with Crippen LogP contribution in [-0.2, 0) is 0 Å². The molecule has 1 aliphatic rings. The fraction of sp³-hybridized carbons (Fsp3) is 0.667. The highest BCUT2D eigenvalue weighted by Crippen LogP contribution is 2.23. The van der Waals surface area contributed by atoms with E-state index in [-0.39, 0.29) is 0 Å². The van der Waals surface area contributed by atoms with Gasteiger partial charge in [-0.15, -0.1) is 6.58 Å². The third-order valence-corrected chi connectivity index (χ3v) is 3.59. The Balaban J connectivity index is 2.20.